The van der Waals surface area contributed by atoms with Crippen LogP contribution in [0.5, 0.6) is 0 Å². The molecule has 0 aliphatic carbocycles. The molecule has 0 spiro atoms. The molecule has 0 aliphatic rings. The Hall–Kier alpha value is -2.10. The predicted molar refractivity (Wildman–Crippen MR) is 84.2 cm³/mol. The summed E-state index contributed by atoms with van der Waals surface area (Å²) in [6.45, 7) is 6.05. The molecule has 1 heterocycles. The molecule has 0 saturated heterocycles. The third-order valence-corrected chi connectivity index (χ3v) is 3.15. The molecule has 0 bridgehead atoms. The molecule has 1 aromatic carbocycles. The lowest BCUT2D eigenvalue weighted by Crippen LogP contribution is -2.09. The smallest absolute Gasteiger partial charge is 0.146 e. The molecule has 2 aromatic rings. The molecule has 1 aromatic heterocycles. The van der Waals surface area contributed by atoms with Crippen LogP contribution in [0.4, 0.5) is 11.6 Å². The highest BCUT2D eigenvalue weighted by Gasteiger charge is 1.99. The normalized spacial score (nSPS) is 10.3. The van der Waals surface area contributed by atoms with Gasteiger partial charge in [-0.1, -0.05) is 31.2 Å². The van der Waals surface area contributed by atoms with E-state index in [0.29, 0.717) is 0 Å². The Labute approximate surface area is 120 Å². The van der Waals surface area contributed by atoms with Crippen molar-refractivity contribution in [2.24, 2.45) is 0 Å². The minimum Gasteiger partial charge on any atom is -0.369 e. The van der Waals surface area contributed by atoms with Crippen LogP contribution in [0.15, 0.2) is 36.7 Å². The molecular weight excluding hydrogens is 248 g/mol. The molecule has 20 heavy (non-hydrogen) atoms. The largest absolute Gasteiger partial charge is 0.369 e. The second-order valence-corrected chi connectivity index (χ2v) is 4.82. The standard InChI is InChI=1S/C16H22N4/c1-3-9-18-15-11-17-12-16(20-15)19-10-8-14-7-5-4-6-13(14)2/h4-7,11-12H,3,8-10H2,1-2H3,(H2,18,19,20). The molecule has 4 nitrogen and oxygen atoms in total. The van der Waals surface area contributed by atoms with Crippen molar-refractivity contribution >= 4 is 11.6 Å². The summed E-state index contributed by atoms with van der Waals surface area (Å²) >= 11 is 0. The molecule has 0 atom stereocenters. The van der Waals surface area contributed by atoms with Gasteiger partial charge in [0.1, 0.15) is 11.6 Å². The molecule has 0 fully saturated rings. The van der Waals surface area contributed by atoms with Gasteiger partial charge in [0.2, 0.25) is 0 Å². The van der Waals surface area contributed by atoms with Gasteiger partial charge in [0, 0.05) is 13.1 Å². The van der Waals surface area contributed by atoms with Gasteiger partial charge in [-0.25, -0.2) is 4.98 Å². The van der Waals surface area contributed by atoms with Gasteiger partial charge in [-0.15, -0.1) is 0 Å². The number of aryl methyl sites for hydroxylation is 1. The summed E-state index contributed by atoms with van der Waals surface area (Å²) < 4.78 is 0. The number of benzene rings is 1. The zero-order valence-corrected chi connectivity index (χ0v) is 12.2. The molecule has 0 radical (unpaired) electrons. The topological polar surface area (TPSA) is 49.8 Å². The highest BCUT2D eigenvalue weighted by Crippen LogP contribution is 2.09. The second kappa shape index (κ2) is 7.48. The fourth-order valence-corrected chi connectivity index (χ4v) is 2.01. The lowest BCUT2D eigenvalue weighted by Gasteiger charge is -2.09. The van der Waals surface area contributed by atoms with Crippen LogP contribution in [0.1, 0.15) is 24.5 Å². The van der Waals surface area contributed by atoms with Crippen molar-refractivity contribution in [1.82, 2.24) is 9.97 Å². The van der Waals surface area contributed by atoms with E-state index in [1.807, 2.05) is 0 Å². The average molecular weight is 270 g/mol. The summed E-state index contributed by atoms with van der Waals surface area (Å²) in [4.78, 5) is 8.67. The van der Waals surface area contributed by atoms with Gasteiger partial charge in [-0.2, -0.15) is 0 Å². The van der Waals surface area contributed by atoms with Crippen LogP contribution in [-0.4, -0.2) is 23.1 Å². The summed E-state index contributed by atoms with van der Waals surface area (Å²) in [6.07, 6.45) is 5.57. The first-order chi connectivity index (χ1) is 9.79. The number of hydrogen-bond acceptors (Lipinski definition) is 4. The summed E-state index contributed by atoms with van der Waals surface area (Å²) in [5.74, 6) is 1.65. The van der Waals surface area contributed by atoms with Crippen LogP contribution in [0, 0.1) is 6.92 Å². The Morgan fingerprint density at radius 1 is 1.00 bits per heavy atom. The Kier molecular flexibility index (Phi) is 5.35. The van der Waals surface area contributed by atoms with Gasteiger partial charge < -0.3 is 10.6 Å². The Morgan fingerprint density at radius 2 is 1.70 bits per heavy atom. The van der Waals surface area contributed by atoms with E-state index in [0.717, 1.165) is 37.6 Å². The fraction of sp³-hybridized carbons (Fsp3) is 0.375. The molecule has 2 rings (SSSR count). The van der Waals surface area contributed by atoms with Crippen molar-refractivity contribution in [3.63, 3.8) is 0 Å². The fourth-order valence-electron chi connectivity index (χ4n) is 2.01. The van der Waals surface area contributed by atoms with Crippen LogP contribution in [0.3, 0.4) is 0 Å². The molecule has 106 valence electrons. The number of nitrogens with one attached hydrogen (secondary N) is 2. The van der Waals surface area contributed by atoms with Gasteiger partial charge in [-0.05, 0) is 30.9 Å². The summed E-state index contributed by atoms with van der Waals surface area (Å²) in [6, 6.07) is 8.46. The number of hydrogen-bond donors (Lipinski definition) is 2. The van der Waals surface area contributed by atoms with Crippen LogP contribution >= 0.6 is 0 Å². The molecule has 0 saturated carbocycles. The Balaban J connectivity index is 1.86. The Morgan fingerprint density at radius 3 is 2.40 bits per heavy atom. The van der Waals surface area contributed by atoms with E-state index in [4.69, 9.17) is 0 Å². The third kappa shape index (κ3) is 4.23. The lowest BCUT2D eigenvalue weighted by molar-refractivity contribution is 0.956. The molecule has 2 N–H and O–H groups in total. The monoisotopic (exact) mass is 270 g/mol. The first-order valence-electron chi connectivity index (χ1n) is 7.14. The van der Waals surface area contributed by atoms with Gasteiger partial charge >= 0.3 is 0 Å². The average Bonchev–Trinajstić information content (AvgIpc) is 2.48. The SMILES string of the molecule is CCCNc1cncc(NCCc2ccccc2C)n1. The predicted octanol–water partition coefficient (Wildman–Crippen LogP) is 3.26. The number of rotatable bonds is 7. The van der Waals surface area contributed by atoms with Crippen LogP contribution in [0.25, 0.3) is 0 Å². The van der Waals surface area contributed by atoms with Crippen LogP contribution < -0.4 is 10.6 Å². The molecule has 0 amide bonds. The highest BCUT2D eigenvalue weighted by molar-refractivity contribution is 5.41. The van der Waals surface area contributed by atoms with Gasteiger partial charge in [0.05, 0.1) is 12.4 Å². The summed E-state index contributed by atoms with van der Waals surface area (Å²) in [7, 11) is 0. The third-order valence-electron chi connectivity index (χ3n) is 3.15. The van der Waals surface area contributed by atoms with E-state index in [1.54, 1.807) is 12.4 Å². The van der Waals surface area contributed by atoms with Crippen molar-refractivity contribution < 1.29 is 0 Å². The number of aromatic nitrogens is 2. The van der Waals surface area contributed by atoms with Gasteiger partial charge in [-0.3, -0.25) is 4.98 Å². The lowest BCUT2D eigenvalue weighted by atomic mass is 10.1. The molecule has 0 aliphatic heterocycles. The highest BCUT2D eigenvalue weighted by atomic mass is 15.1. The molecule has 0 unspecified atom stereocenters. The quantitative estimate of drug-likeness (QED) is 0.811. The Bertz CT molecular complexity index is 540. The zero-order valence-electron chi connectivity index (χ0n) is 12.2. The molecule has 4 heteroatoms. The van der Waals surface area contributed by atoms with E-state index < -0.39 is 0 Å². The number of anilines is 2. The van der Waals surface area contributed by atoms with E-state index in [-0.39, 0.29) is 0 Å². The minimum absolute atomic E-state index is 0.819. The second-order valence-electron chi connectivity index (χ2n) is 4.82. The van der Waals surface area contributed by atoms with Crippen molar-refractivity contribution in [3.8, 4) is 0 Å². The van der Waals surface area contributed by atoms with Crippen LogP contribution in [0.2, 0.25) is 0 Å². The zero-order chi connectivity index (χ0) is 14.2. The van der Waals surface area contributed by atoms with Crippen molar-refractivity contribution in [3.05, 3.63) is 47.8 Å². The number of nitrogens with zero attached hydrogens (tertiary/aromatic N) is 2. The van der Waals surface area contributed by atoms with Crippen molar-refractivity contribution in [1.29, 1.82) is 0 Å². The van der Waals surface area contributed by atoms with Gasteiger partial charge in [0.25, 0.3) is 0 Å². The summed E-state index contributed by atoms with van der Waals surface area (Å²) in [5.41, 5.74) is 2.70. The maximum atomic E-state index is 4.48. The van der Waals surface area contributed by atoms with E-state index in [1.165, 1.54) is 11.1 Å². The summed E-state index contributed by atoms with van der Waals surface area (Å²) in [5, 5.41) is 6.56. The van der Waals surface area contributed by atoms with Crippen molar-refractivity contribution in [2.45, 2.75) is 26.7 Å². The minimum atomic E-state index is 0.819. The van der Waals surface area contributed by atoms with Gasteiger partial charge in [0.15, 0.2) is 0 Å². The van der Waals surface area contributed by atoms with E-state index >= 15 is 0 Å². The van der Waals surface area contributed by atoms with Crippen molar-refractivity contribution in [2.75, 3.05) is 23.7 Å². The van der Waals surface area contributed by atoms with E-state index in [9.17, 15) is 0 Å². The first-order valence-corrected chi connectivity index (χ1v) is 7.14. The van der Waals surface area contributed by atoms with Crippen LogP contribution in [-0.2, 0) is 6.42 Å². The van der Waals surface area contributed by atoms with E-state index in [2.05, 4.69) is 58.7 Å². The first kappa shape index (κ1) is 14.3. The maximum absolute atomic E-state index is 4.48. The maximum Gasteiger partial charge on any atom is 0.146 e. The molecular formula is C16H22N4.